The Balaban J connectivity index is 1.40. The van der Waals surface area contributed by atoms with Crippen molar-refractivity contribution in [2.24, 2.45) is 0 Å². The first-order valence-electron chi connectivity index (χ1n) is 9.12. The number of Topliss-reactive ketones (excluding diaryl/α,β-unsaturated/α-hetero) is 1. The number of carbonyl (C=O) groups is 4. The molecule has 9 nitrogen and oxygen atoms in total. The van der Waals surface area contributed by atoms with Crippen molar-refractivity contribution in [3.05, 3.63) is 45.6 Å². The van der Waals surface area contributed by atoms with Gasteiger partial charge in [-0.25, -0.2) is 0 Å². The number of hydrogen-bond acceptors (Lipinski definition) is 8. The Kier molecular flexibility index (Phi) is 7.02. The summed E-state index contributed by atoms with van der Waals surface area (Å²) >= 11 is 1.29. The first-order chi connectivity index (χ1) is 14.4. The molecule has 1 aliphatic rings. The van der Waals surface area contributed by atoms with Gasteiger partial charge in [-0.15, -0.1) is 11.3 Å². The summed E-state index contributed by atoms with van der Waals surface area (Å²) in [6.07, 6.45) is 0.614. The molecule has 1 aliphatic heterocycles. The van der Waals surface area contributed by atoms with Gasteiger partial charge in [-0.3, -0.25) is 19.2 Å². The maximum Gasteiger partial charge on any atom is 0.325 e. The highest BCUT2D eigenvalue weighted by molar-refractivity contribution is 7.14. The Labute approximate surface area is 176 Å². The Hall–Kier alpha value is -3.40. The van der Waals surface area contributed by atoms with Gasteiger partial charge in [0.05, 0.1) is 4.88 Å². The summed E-state index contributed by atoms with van der Waals surface area (Å²) in [6, 6.07) is 8.14. The fourth-order valence-electron chi connectivity index (χ4n) is 2.58. The van der Waals surface area contributed by atoms with E-state index in [-0.39, 0.29) is 25.0 Å². The van der Waals surface area contributed by atoms with Crippen LogP contribution >= 0.6 is 11.3 Å². The number of hydrogen-bond donors (Lipinski definition) is 2. The largest absolute Gasteiger partial charge is 0.456 e. The van der Waals surface area contributed by atoms with Crippen molar-refractivity contribution in [2.75, 3.05) is 26.5 Å². The summed E-state index contributed by atoms with van der Waals surface area (Å²) in [6.45, 7) is 1.25. The second-order valence-electron chi connectivity index (χ2n) is 6.33. The number of nitrogens with one attached hydrogen (secondary N) is 2. The van der Waals surface area contributed by atoms with Gasteiger partial charge in [-0.05, 0) is 36.8 Å². The molecule has 30 heavy (non-hydrogen) atoms. The predicted octanol–water partition coefficient (Wildman–Crippen LogP) is 1.31. The van der Waals surface area contributed by atoms with Crippen LogP contribution in [0.3, 0.4) is 0 Å². The molecule has 1 aromatic heterocycles. The molecule has 2 N–H and O–H groups in total. The standard InChI is InChI=1S/C20H20N2O7S/c1-12(23)21-7-6-14-3-5-18(30-14)15(24)10-27-19(25)9-22-20(26)13-2-4-16-17(8-13)29-11-28-16/h2-5,8H,6-7,9-11H2,1H3,(H,21,23)(H,22,26). The minimum absolute atomic E-state index is 0.0990. The van der Waals surface area contributed by atoms with Gasteiger partial charge in [0.25, 0.3) is 5.91 Å². The molecular formula is C20H20N2O7S. The molecule has 0 atom stereocenters. The van der Waals surface area contributed by atoms with Crippen molar-refractivity contribution in [3.63, 3.8) is 0 Å². The zero-order valence-corrected chi connectivity index (χ0v) is 17.0. The normalized spacial score (nSPS) is 11.6. The number of esters is 1. The molecule has 0 fully saturated rings. The van der Waals surface area contributed by atoms with E-state index in [0.717, 1.165) is 4.88 Å². The molecule has 2 amide bonds. The number of benzene rings is 1. The molecule has 158 valence electrons. The summed E-state index contributed by atoms with van der Waals surface area (Å²) < 4.78 is 15.3. The number of thiophene rings is 1. The van der Waals surface area contributed by atoms with Gasteiger partial charge in [0.2, 0.25) is 18.5 Å². The van der Waals surface area contributed by atoms with Gasteiger partial charge in [0.15, 0.2) is 18.1 Å². The Morgan fingerprint density at radius 2 is 1.87 bits per heavy atom. The average Bonchev–Trinajstić information content (AvgIpc) is 3.38. The van der Waals surface area contributed by atoms with Crippen LogP contribution in [0, 0.1) is 0 Å². The van der Waals surface area contributed by atoms with Crippen LogP contribution in [0.15, 0.2) is 30.3 Å². The smallest absolute Gasteiger partial charge is 0.325 e. The molecule has 0 spiro atoms. The van der Waals surface area contributed by atoms with Crippen molar-refractivity contribution in [3.8, 4) is 11.5 Å². The molecule has 0 unspecified atom stereocenters. The number of ether oxygens (including phenoxy) is 3. The lowest BCUT2D eigenvalue weighted by atomic mass is 10.2. The van der Waals surface area contributed by atoms with Crippen molar-refractivity contribution in [1.82, 2.24) is 10.6 Å². The quantitative estimate of drug-likeness (QED) is 0.453. The molecule has 0 saturated carbocycles. The van der Waals surface area contributed by atoms with E-state index in [2.05, 4.69) is 10.6 Å². The SMILES string of the molecule is CC(=O)NCCc1ccc(C(=O)COC(=O)CNC(=O)c2ccc3c(c2)OCO3)s1. The van der Waals surface area contributed by atoms with Gasteiger partial charge in [-0.1, -0.05) is 0 Å². The molecule has 2 heterocycles. The van der Waals surface area contributed by atoms with Gasteiger partial charge in [0.1, 0.15) is 6.54 Å². The predicted molar refractivity (Wildman–Crippen MR) is 107 cm³/mol. The minimum Gasteiger partial charge on any atom is -0.456 e. The molecule has 2 aromatic rings. The molecule has 3 rings (SSSR count). The van der Waals surface area contributed by atoms with Crippen molar-refractivity contribution < 1.29 is 33.4 Å². The fourth-order valence-corrected chi connectivity index (χ4v) is 3.52. The van der Waals surface area contributed by atoms with Crippen LogP contribution in [0.5, 0.6) is 11.5 Å². The monoisotopic (exact) mass is 432 g/mol. The van der Waals surface area contributed by atoms with Crippen LogP contribution in [-0.2, 0) is 20.7 Å². The lowest BCUT2D eigenvalue weighted by Gasteiger charge is -2.06. The second-order valence-corrected chi connectivity index (χ2v) is 7.50. The van der Waals surface area contributed by atoms with E-state index in [0.29, 0.717) is 34.9 Å². The molecule has 10 heteroatoms. The lowest BCUT2D eigenvalue weighted by molar-refractivity contribution is -0.141. The molecule has 1 aromatic carbocycles. The molecular weight excluding hydrogens is 412 g/mol. The first kappa shape index (κ1) is 21.3. The molecule has 0 saturated heterocycles. The van der Waals surface area contributed by atoms with E-state index in [1.54, 1.807) is 24.3 Å². The first-order valence-corrected chi connectivity index (χ1v) is 9.94. The summed E-state index contributed by atoms with van der Waals surface area (Å²) in [5, 5.41) is 5.12. The number of ketones is 1. The van der Waals surface area contributed by atoms with Gasteiger partial charge in [-0.2, -0.15) is 0 Å². The number of fused-ring (bicyclic) bond motifs is 1. The third-order valence-electron chi connectivity index (χ3n) is 4.07. The third-order valence-corrected chi connectivity index (χ3v) is 5.26. The number of carbonyl (C=O) groups excluding carboxylic acids is 4. The maximum absolute atomic E-state index is 12.2. The van der Waals surface area contributed by atoms with E-state index in [1.165, 1.54) is 24.3 Å². The number of amides is 2. The maximum atomic E-state index is 12.2. The van der Waals surface area contributed by atoms with Gasteiger partial charge in [0, 0.05) is 23.9 Å². The second kappa shape index (κ2) is 9.88. The van der Waals surface area contributed by atoms with Crippen LogP contribution in [-0.4, -0.2) is 50.1 Å². The van der Waals surface area contributed by atoms with Gasteiger partial charge >= 0.3 is 5.97 Å². The molecule has 0 bridgehead atoms. The fraction of sp³-hybridized carbons (Fsp3) is 0.300. The van der Waals surface area contributed by atoms with Crippen LogP contribution < -0.4 is 20.1 Å². The highest BCUT2D eigenvalue weighted by Crippen LogP contribution is 2.32. The highest BCUT2D eigenvalue weighted by atomic mass is 32.1. The summed E-state index contributed by atoms with van der Waals surface area (Å²) in [4.78, 5) is 48.4. The lowest BCUT2D eigenvalue weighted by Crippen LogP contribution is -2.31. The Morgan fingerprint density at radius 1 is 1.07 bits per heavy atom. The van der Waals surface area contributed by atoms with Crippen LogP contribution in [0.25, 0.3) is 0 Å². The van der Waals surface area contributed by atoms with E-state index in [9.17, 15) is 19.2 Å². The van der Waals surface area contributed by atoms with E-state index < -0.39 is 18.5 Å². The van der Waals surface area contributed by atoms with Crippen LogP contribution in [0.4, 0.5) is 0 Å². The summed E-state index contributed by atoms with van der Waals surface area (Å²) in [7, 11) is 0. The van der Waals surface area contributed by atoms with E-state index in [4.69, 9.17) is 14.2 Å². The minimum atomic E-state index is -0.722. The average molecular weight is 432 g/mol. The third kappa shape index (κ3) is 5.80. The van der Waals surface area contributed by atoms with Crippen LogP contribution in [0.2, 0.25) is 0 Å². The molecule has 0 radical (unpaired) electrons. The topological polar surface area (TPSA) is 120 Å². The van der Waals surface area contributed by atoms with E-state index >= 15 is 0 Å². The van der Waals surface area contributed by atoms with Crippen LogP contribution in [0.1, 0.15) is 31.8 Å². The Morgan fingerprint density at radius 3 is 2.67 bits per heavy atom. The summed E-state index contributed by atoms with van der Waals surface area (Å²) in [5.41, 5.74) is 0.313. The zero-order valence-electron chi connectivity index (χ0n) is 16.2. The van der Waals surface area contributed by atoms with Gasteiger partial charge < -0.3 is 24.8 Å². The summed E-state index contributed by atoms with van der Waals surface area (Å²) in [5.74, 6) is -0.625. The highest BCUT2D eigenvalue weighted by Gasteiger charge is 2.17. The van der Waals surface area contributed by atoms with E-state index in [1.807, 2.05) is 0 Å². The van der Waals surface area contributed by atoms with Crippen molar-refractivity contribution >= 4 is 34.9 Å². The zero-order chi connectivity index (χ0) is 21.5. The number of rotatable bonds is 9. The van der Waals surface area contributed by atoms with Crippen molar-refractivity contribution in [1.29, 1.82) is 0 Å². The molecule has 0 aliphatic carbocycles. The van der Waals surface area contributed by atoms with Crippen molar-refractivity contribution in [2.45, 2.75) is 13.3 Å². The Bertz CT molecular complexity index is 970.